The van der Waals surface area contributed by atoms with Gasteiger partial charge in [-0.15, -0.1) is 0 Å². The number of carbonyl (C=O) groups excluding carboxylic acids is 3. The molecule has 4 unspecified atom stereocenters. The van der Waals surface area contributed by atoms with Crippen LogP contribution in [0.25, 0.3) is 6.08 Å². The van der Waals surface area contributed by atoms with Crippen LogP contribution in [0.4, 0.5) is 0 Å². The molecule has 10 nitrogen and oxygen atoms in total. The Morgan fingerprint density at radius 2 is 1.17 bits per heavy atom. The topological polar surface area (TPSA) is 116 Å². The molecule has 0 bridgehead atoms. The van der Waals surface area contributed by atoms with Gasteiger partial charge < -0.3 is 32.8 Å². The van der Waals surface area contributed by atoms with Gasteiger partial charge >= 0.3 is 32.1 Å². The maximum absolute atomic E-state index is 12.5. The molecule has 2 aliphatic heterocycles. The normalized spacial score (nSPS) is 17.6. The van der Waals surface area contributed by atoms with Crippen LogP contribution in [0.15, 0.2) is 104 Å². The van der Waals surface area contributed by atoms with Crippen molar-refractivity contribution in [1.29, 1.82) is 0 Å². The number of hydrogen-bond acceptors (Lipinski definition) is 10. The molecule has 0 aliphatic carbocycles. The molecule has 0 aromatic heterocycles. The third kappa shape index (κ3) is 12.5. The van der Waals surface area contributed by atoms with Gasteiger partial charge in [0.05, 0.1) is 49.1 Å². The summed E-state index contributed by atoms with van der Waals surface area (Å²) in [6, 6.07) is 30.0. The summed E-state index contributed by atoms with van der Waals surface area (Å²) in [6.45, 7) is 15.5. The summed E-state index contributed by atoms with van der Waals surface area (Å²) in [5.41, 5.74) is 6.31. The molecule has 0 spiro atoms. The van der Waals surface area contributed by atoms with E-state index in [0.717, 1.165) is 52.4 Å². The van der Waals surface area contributed by atoms with Crippen molar-refractivity contribution in [1.82, 2.24) is 0 Å². The fraction of sp³-hybridized carbons (Fsp3) is 0.383. The minimum absolute atomic E-state index is 0.119. The zero-order valence-electron chi connectivity index (χ0n) is 35.1. The Balaban J connectivity index is 0.000000235. The number of benzene rings is 4. The first-order valence-corrected chi connectivity index (χ1v) is 20.5. The van der Waals surface area contributed by atoms with Gasteiger partial charge in [0.15, 0.2) is 0 Å². The molecular formula is C47H56B2O10. The summed E-state index contributed by atoms with van der Waals surface area (Å²) in [4.78, 5) is 36.8. The van der Waals surface area contributed by atoms with Crippen LogP contribution in [0.1, 0.15) is 109 Å². The maximum atomic E-state index is 12.5. The van der Waals surface area contributed by atoms with E-state index >= 15 is 0 Å². The number of rotatable bonds is 16. The van der Waals surface area contributed by atoms with Gasteiger partial charge in [0, 0.05) is 0 Å². The average molecular weight is 803 g/mol. The highest BCUT2D eigenvalue weighted by Crippen LogP contribution is 2.35. The summed E-state index contributed by atoms with van der Waals surface area (Å²) in [6.07, 6.45) is 5.30. The zero-order chi connectivity index (χ0) is 42.4. The predicted octanol–water partition coefficient (Wildman–Crippen LogP) is 7.85. The smallest absolute Gasteiger partial charge is 0.469 e. The molecule has 12 heteroatoms. The fourth-order valence-corrected chi connectivity index (χ4v) is 6.80. The van der Waals surface area contributed by atoms with E-state index in [2.05, 4.69) is 27.4 Å². The van der Waals surface area contributed by atoms with Gasteiger partial charge in [-0.3, -0.25) is 4.79 Å². The van der Waals surface area contributed by atoms with Crippen molar-refractivity contribution in [3.05, 3.63) is 137 Å². The van der Waals surface area contributed by atoms with Gasteiger partial charge in [-0.2, -0.15) is 0 Å². The second kappa shape index (κ2) is 21.8. The molecule has 4 aromatic carbocycles. The average Bonchev–Trinajstić information content (AvgIpc) is 3.98. The lowest BCUT2D eigenvalue weighted by Gasteiger charge is -2.28. The Bertz CT molecular complexity index is 1970. The second-order valence-corrected chi connectivity index (χ2v) is 15.3. The number of carbonyl (C=O) groups is 3. The maximum Gasteiger partial charge on any atom is 0.494 e. The largest absolute Gasteiger partial charge is 0.494 e. The molecule has 0 N–H and O–H groups in total. The molecule has 0 radical (unpaired) electrons. The molecule has 2 heterocycles. The van der Waals surface area contributed by atoms with E-state index < -0.39 is 5.41 Å². The first kappa shape index (κ1) is 45.1. The Morgan fingerprint density at radius 3 is 1.54 bits per heavy atom. The van der Waals surface area contributed by atoms with Crippen molar-refractivity contribution >= 4 is 49.1 Å². The van der Waals surface area contributed by atoms with Crippen molar-refractivity contribution in [2.45, 2.75) is 91.6 Å². The number of ether oxygens (including phenoxy) is 3. The molecule has 2 fully saturated rings. The Labute approximate surface area is 349 Å². The lowest BCUT2D eigenvalue weighted by atomic mass is 9.77. The lowest BCUT2D eigenvalue weighted by molar-refractivity contribution is -0.152. The van der Waals surface area contributed by atoms with E-state index in [4.69, 9.17) is 32.8 Å². The third-order valence-corrected chi connectivity index (χ3v) is 11.0. The molecule has 0 amide bonds. The molecule has 4 aromatic rings. The molecule has 6 rings (SSSR count). The van der Waals surface area contributed by atoms with Crippen molar-refractivity contribution in [3.8, 4) is 0 Å². The van der Waals surface area contributed by atoms with Crippen LogP contribution < -0.4 is 10.9 Å². The summed E-state index contributed by atoms with van der Waals surface area (Å²) in [7, 11) is 0.711. The minimum atomic E-state index is -0.508. The molecule has 4 atom stereocenters. The Hall–Kier alpha value is -5.00. The van der Waals surface area contributed by atoms with Gasteiger partial charge in [0.25, 0.3) is 0 Å². The molecule has 310 valence electrons. The van der Waals surface area contributed by atoms with E-state index in [1.165, 1.54) is 7.11 Å². The Morgan fingerprint density at radius 1 is 0.729 bits per heavy atom. The van der Waals surface area contributed by atoms with Crippen LogP contribution >= 0.6 is 0 Å². The molecule has 0 saturated carbocycles. The van der Waals surface area contributed by atoms with Crippen LogP contribution in [0.2, 0.25) is 0 Å². The number of hydrogen-bond donors (Lipinski definition) is 0. The SMILES string of the molecule is C=Cc1ccc(COC(=O)c2ccc(B3OCC(CC)O3)cc2)cc1.CCC1COB(c2ccc(C(=O)OCc3ccc(C(C)CC(C)(CC)C(=O)OC)cc3)cc2)O1. The molecule has 2 aliphatic rings. The second-order valence-electron chi connectivity index (χ2n) is 15.3. The van der Waals surface area contributed by atoms with Crippen LogP contribution in [0.3, 0.4) is 0 Å². The van der Waals surface area contributed by atoms with Crippen molar-refractivity contribution in [3.63, 3.8) is 0 Å². The van der Waals surface area contributed by atoms with Gasteiger partial charge in [0.1, 0.15) is 13.2 Å². The van der Waals surface area contributed by atoms with Crippen molar-refractivity contribution in [2.24, 2.45) is 5.41 Å². The van der Waals surface area contributed by atoms with Crippen LogP contribution in [0, 0.1) is 5.41 Å². The van der Waals surface area contributed by atoms with Gasteiger partial charge in [-0.05, 0) is 96.0 Å². The molecule has 59 heavy (non-hydrogen) atoms. The van der Waals surface area contributed by atoms with Crippen LogP contribution in [-0.4, -0.2) is 64.7 Å². The summed E-state index contributed by atoms with van der Waals surface area (Å²) in [5, 5.41) is 0. The van der Waals surface area contributed by atoms with Crippen LogP contribution in [0.5, 0.6) is 0 Å². The third-order valence-electron chi connectivity index (χ3n) is 11.0. The standard InChI is InChI=1S/C27H35BO6.C20H21BO4/c1-6-24-18-33-28(34-24)23-14-12-22(13-15-23)25(29)32-17-20-8-10-21(11-9-20)19(3)16-27(4,7-2)26(30)31-5;1-3-15-5-7-16(8-6-15)13-23-20(22)17-9-11-18(12-10-17)21-24-14-19(4-2)25-21/h8-15,19,24H,6-7,16-18H2,1-5H3;3,5-12,19H,1,4,13-14H2,2H3. The zero-order valence-corrected chi connectivity index (χ0v) is 35.1. The van der Waals surface area contributed by atoms with E-state index in [-0.39, 0.29) is 63.5 Å². The lowest BCUT2D eigenvalue weighted by Crippen LogP contribution is -2.32. The summed E-state index contributed by atoms with van der Waals surface area (Å²) >= 11 is 0. The first-order valence-electron chi connectivity index (χ1n) is 20.5. The van der Waals surface area contributed by atoms with E-state index in [1.807, 2.05) is 86.6 Å². The Kier molecular flexibility index (Phi) is 16.7. The van der Waals surface area contributed by atoms with E-state index in [1.54, 1.807) is 30.3 Å². The van der Waals surface area contributed by atoms with Crippen molar-refractivity contribution < 1.29 is 47.2 Å². The highest BCUT2D eigenvalue weighted by atomic mass is 16.6. The number of methoxy groups -OCH3 is 1. The molecule has 2 saturated heterocycles. The predicted molar refractivity (Wildman–Crippen MR) is 231 cm³/mol. The molecular weight excluding hydrogens is 746 g/mol. The fourth-order valence-electron chi connectivity index (χ4n) is 6.80. The highest BCUT2D eigenvalue weighted by Gasteiger charge is 2.35. The number of esters is 3. The first-order chi connectivity index (χ1) is 28.5. The van der Waals surface area contributed by atoms with E-state index in [0.29, 0.717) is 30.8 Å². The highest BCUT2D eigenvalue weighted by molar-refractivity contribution is 6.62. The van der Waals surface area contributed by atoms with Gasteiger partial charge in [-0.1, -0.05) is 113 Å². The van der Waals surface area contributed by atoms with Crippen molar-refractivity contribution in [2.75, 3.05) is 20.3 Å². The van der Waals surface area contributed by atoms with Gasteiger partial charge in [0.2, 0.25) is 0 Å². The summed E-state index contributed by atoms with van der Waals surface area (Å²) < 4.78 is 38.7. The monoisotopic (exact) mass is 802 g/mol. The minimum Gasteiger partial charge on any atom is -0.469 e. The van der Waals surface area contributed by atoms with Gasteiger partial charge in [-0.25, -0.2) is 9.59 Å². The van der Waals surface area contributed by atoms with E-state index in [9.17, 15) is 14.4 Å². The van der Waals surface area contributed by atoms with Crippen LogP contribution in [-0.2, 0) is 50.8 Å². The quantitative estimate of drug-likeness (QED) is 0.0630. The summed E-state index contributed by atoms with van der Waals surface area (Å²) in [5.74, 6) is -0.703.